The molecule has 3 heteroatoms. The van der Waals surface area contributed by atoms with Gasteiger partial charge in [0.05, 0.1) is 6.10 Å². The standard InChI is InChI=1S/C17H26O3/c1-3-12-7-8-13-14(9-10-15(18)17(12,13)2)20-16-6-4-5-11-19-16/h3,12-14,16H,1,4-11H2,2H3/t12-,13-,14-,16?,17+/m0/s1. The van der Waals surface area contributed by atoms with Crippen molar-refractivity contribution < 1.29 is 14.3 Å². The number of rotatable bonds is 3. The second-order valence-corrected chi connectivity index (χ2v) is 6.74. The summed E-state index contributed by atoms with van der Waals surface area (Å²) in [5, 5.41) is 0. The molecule has 0 bridgehead atoms. The number of hydrogen-bond acceptors (Lipinski definition) is 3. The molecular formula is C17H26O3. The molecule has 0 amide bonds. The lowest BCUT2D eigenvalue weighted by atomic mass is 9.63. The summed E-state index contributed by atoms with van der Waals surface area (Å²) < 4.78 is 12.0. The molecule has 3 nitrogen and oxygen atoms in total. The van der Waals surface area contributed by atoms with E-state index in [-0.39, 0.29) is 17.8 Å². The normalized spacial score (nSPS) is 45.1. The minimum absolute atomic E-state index is 0.0472. The van der Waals surface area contributed by atoms with Crippen LogP contribution in [-0.2, 0) is 14.3 Å². The Balaban J connectivity index is 1.73. The number of ether oxygens (including phenoxy) is 2. The van der Waals surface area contributed by atoms with Gasteiger partial charge in [0.25, 0.3) is 0 Å². The molecule has 0 aromatic carbocycles. The van der Waals surface area contributed by atoms with Gasteiger partial charge >= 0.3 is 0 Å². The third-order valence-corrected chi connectivity index (χ3v) is 5.78. The zero-order valence-corrected chi connectivity index (χ0v) is 12.5. The van der Waals surface area contributed by atoms with Gasteiger partial charge in [-0.2, -0.15) is 0 Å². The highest BCUT2D eigenvalue weighted by molar-refractivity contribution is 5.86. The molecule has 0 spiro atoms. The number of hydrogen-bond donors (Lipinski definition) is 0. The number of ketones is 1. The van der Waals surface area contributed by atoms with Gasteiger partial charge in [-0.05, 0) is 50.4 Å². The molecule has 1 heterocycles. The highest BCUT2D eigenvalue weighted by Crippen LogP contribution is 2.55. The van der Waals surface area contributed by atoms with Crippen LogP contribution in [-0.4, -0.2) is 24.8 Å². The molecule has 3 aliphatic rings. The Labute approximate surface area is 121 Å². The van der Waals surface area contributed by atoms with E-state index in [0.717, 1.165) is 38.7 Å². The van der Waals surface area contributed by atoms with Crippen LogP contribution >= 0.6 is 0 Å². The zero-order valence-electron chi connectivity index (χ0n) is 12.5. The van der Waals surface area contributed by atoms with Crippen LogP contribution in [0.5, 0.6) is 0 Å². The van der Waals surface area contributed by atoms with Gasteiger partial charge in [-0.15, -0.1) is 6.58 Å². The van der Waals surface area contributed by atoms with E-state index in [4.69, 9.17) is 9.47 Å². The van der Waals surface area contributed by atoms with Crippen molar-refractivity contribution >= 4 is 5.78 Å². The fraction of sp³-hybridized carbons (Fsp3) is 0.824. The molecule has 112 valence electrons. The van der Waals surface area contributed by atoms with Gasteiger partial charge in [0.2, 0.25) is 0 Å². The van der Waals surface area contributed by atoms with Gasteiger partial charge in [0.1, 0.15) is 5.78 Å². The first-order valence-electron chi connectivity index (χ1n) is 8.09. The summed E-state index contributed by atoms with van der Waals surface area (Å²) in [6, 6.07) is 0. The van der Waals surface area contributed by atoms with Crippen LogP contribution in [0.1, 0.15) is 51.9 Å². The van der Waals surface area contributed by atoms with Crippen LogP contribution in [0, 0.1) is 17.3 Å². The minimum Gasteiger partial charge on any atom is -0.353 e. The number of fused-ring (bicyclic) bond motifs is 1. The molecule has 0 aromatic rings. The Kier molecular flexibility index (Phi) is 4.00. The van der Waals surface area contributed by atoms with Gasteiger partial charge in [-0.3, -0.25) is 4.79 Å². The maximum Gasteiger partial charge on any atom is 0.157 e. The van der Waals surface area contributed by atoms with Gasteiger partial charge < -0.3 is 9.47 Å². The Morgan fingerprint density at radius 3 is 2.85 bits per heavy atom. The summed E-state index contributed by atoms with van der Waals surface area (Å²) in [5.74, 6) is 1.07. The van der Waals surface area contributed by atoms with Crippen molar-refractivity contribution in [2.24, 2.45) is 17.3 Å². The van der Waals surface area contributed by atoms with E-state index in [1.807, 2.05) is 6.08 Å². The average molecular weight is 278 g/mol. The van der Waals surface area contributed by atoms with Crippen molar-refractivity contribution in [2.45, 2.75) is 64.3 Å². The molecule has 1 aliphatic heterocycles. The van der Waals surface area contributed by atoms with E-state index in [1.165, 1.54) is 6.42 Å². The molecule has 2 saturated carbocycles. The first-order valence-corrected chi connectivity index (χ1v) is 8.09. The molecule has 1 unspecified atom stereocenters. The molecule has 0 aromatic heterocycles. The van der Waals surface area contributed by atoms with E-state index < -0.39 is 0 Å². The highest BCUT2D eigenvalue weighted by atomic mass is 16.7. The molecule has 1 saturated heterocycles. The number of allylic oxidation sites excluding steroid dienone is 1. The van der Waals surface area contributed by atoms with Crippen LogP contribution < -0.4 is 0 Å². The van der Waals surface area contributed by atoms with Crippen molar-refractivity contribution in [3.63, 3.8) is 0 Å². The summed E-state index contributed by atoms with van der Waals surface area (Å²) >= 11 is 0. The Morgan fingerprint density at radius 2 is 2.15 bits per heavy atom. The van der Waals surface area contributed by atoms with Crippen LogP contribution in [0.2, 0.25) is 0 Å². The van der Waals surface area contributed by atoms with Crippen molar-refractivity contribution in [1.29, 1.82) is 0 Å². The smallest absolute Gasteiger partial charge is 0.157 e. The highest BCUT2D eigenvalue weighted by Gasteiger charge is 2.55. The van der Waals surface area contributed by atoms with Crippen molar-refractivity contribution in [2.75, 3.05) is 6.61 Å². The minimum atomic E-state index is -0.251. The van der Waals surface area contributed by atoms with E-state index in [2.05, 4.69) is 13.5 Å². The van der Waals surface area contributed by atoms with E-state index in [0.29, 0.717) is 24.0 Å². The SMILES string of the molecule is C=C[C@H]1CC[C@H]2[C@@H](OC3CCCCO3)CCC(=O)[C@]12C. The monoisotopic (exact) mass is 278 g/mol. The quantitative estimate of drug-likeness (QED) is 0.741. The lowest BCUT2D eigenvalue weighted by Crippen LogP contribution is -2.48. The maximum atomic E-state index is 12.5. The summed E-state index contributed by atoms with van der Waals surface area (Å²) in [4.78, 5) is 12.5. The molecule has 20 heavy (non-hydrogen) atoms. The molecule has 0 N–H and O–H groups in total. The largest absolute Gasteiger partial charge is 0.353 e. The Morgan fingerprint density at radius 1 is 1.30 bits per heavy atom. The molecule has 3 rings (SSSR count). The van der Waals surface area contributed by atoms with E-state index in [9.17, 15) is 4.79 Å². The van der Waals surface area contributed by atoms with Gasteiger partial charge in [-0.1, -0.05) is 13.0 Å². The van der Waals surface area contributed by atoms with E-state index >= 15 is 0 Å². The third kappa shape index (κ3) is 2.25. The summed E-state index contributed by atoms with van der Waals surface area (Å²) in [7, 11) is 0. The van der Waals surface area contributed by atoms with E-state index in [1.54, 1.807) is 0 Å². The van der Waals surface area contributed by atoms with Crippen molar-refractivity contribution in [3.05, 3.63) is 12.7 Å². The summed E-state index contributed by atoms with van der Waals surface area (Å²) in [5.41, 5.74) is -0.251. The Hall–Kier alpha value is -0.670. The zero-order chi connectivity index (χ0) is 14.2. The maximum absolute atomic E-state index is 12.5. The molecule has 3 fully saturated rings. The third-order valence-electron chi connectivity index (χ3n) is 5.78. The van der Waals surface area contributed by atoms with Crippen LogP contribution in [0.15, 0.2) is 12.7 Å². The van der Waals surface area contributed by atoms with Crippen LogP contribution in [0.25, 0.3) is 0 Å². The first kappa shape index (κ1) is 14.3. The predicted octanol–water partition coefficient (Wildman–Crippen LogP) is 3.48. The number of Topliss-reactive ketones (excluding diaryl/α,β-unsaturated/α-hetero) is 1. The topological polar surface area (TPSA) is 35.5 Å². The van der Waals surface area contributed by atoms with Gasteiger partial charge in [0.15, 0.2) is 6.29 Å². The fourth-order valence-electron chi connectivity index (χ4n) is 4.50. The van der Waals surface area contributed by atoms with Crippen molar-refractivity contribution in [1.82, 2.24) is 0 Å². The second kappa shape index (κ2) is 5.61. The van der Waals surface area contributed by atoms with Gasteiger partial charge in [0, 0.05) is 18.4 Å². The average Bonchev–Trinajstić information content (AvgIpc) is 2.82. The lowest BCUT2D eigenvalue weighted by Gasteiger charge is -2.43. The van der Waals surface area contributed by atoms with Crippen molar-refractivity contribution in [3.8, 4) is 0 Å². The molecule has 2 aliphatic carbocycles. The first-order chi connectivity index (χ1) is 9.66. The lowest BCUT2D eigenvalue weighted by molar-refractivity contribution is -0.212. The summed E-state index contributed by atoms with van der Waals surface area (Å²) in [6.07, 6.45) is 9.11. The molecule has 0 radical (unpaired) electrons. The molecular weight excluding hydrogens is 252 g/mol. The van der Waals surface area contributed by atoms with Crippen LogP contribution in [0.3, 0.4) is 0 Å². The fourth-order valence-corrected chi connectivity index (χ4v) is 4.50. The predicted molar refractivity (Wildman–Crippen MR) is 77.2 cm³/mol. The number of carbonyl (C=O) groups is 1. The summed E-state index contributed by atoms with van der Waals surface area (Å²) in [6.45, 7) is 6.88. The number of carbonyl (C=O) groups excluding carboxylic acids is 1. The molecule has 5 atom stereocenters. The van der Waals surface area contributed by atoms with Gasteiger partial charge in [-0.25, -0.2) is 0 Å². The van der Waals surface area contributed by atoms with Crippen LogP contribution in [0.4, 0.5) is 0 Å². The second-order valence-electron chi connectivity index (χ2n) is 6.74. The Bertz CT molecular complexity index is 386.